The van der Waals surface area contributed by atoms with Crippen molar-refractivity contribution >= 4 is 27.6 Å². The number of methoxy groups -OCH3 is 1. The molecule has 1 amide bonds. The summed E-state index contributed by atoms with van der Waals surface area (Å²) in [6.07, 6.45) is 0. The number of carbonyl (C=O) groups excluding carboxylic acids is 2. The third-order valence-electron chi connectivity index (χ3n) is 4.47. The lowest BCUT2D eigenvalue weighted by molar-refractivity contribution is -0.119. The molecule has 2 aromatic carbocycles. The first-order valence-electron chi connectivity index (χ1n) is 9.39. The first-order valence-corrected chi connectivity index (χ1v) is 10.8. The third kappa shape index (κ3) is 5.58. The van der Waals surface area contributed by atoms with Gasteiger partial charge in [0.15, 0.2) is 6.61 Å². The lowest BCUT2D eigenvalue weighted by atomic mass is 10.2. The van der Waals surface area contributed by atoms with E-state index in [1.165, 1.54) is 29.6 Å². The summed E-state index contributed by atoms with van der Waals surface area (Å²) in [5.74, 6) is -3.71. The van der Waals surface area contributed by atoms with Gasteiger partial charge in [-0.05, 0) is 30.3 Å². The van der Waals surface area contributed by atoms with Gasteiger partial charge in [-0.1, -0.05) is 0 Å². The Kier molecular flexibility index (Phi) is 7.38. The zero-order valence-corrected chi connectivity index (χ0v) is 17.8. The summed E-state index contributed by atoms with van der Waals surface area (Å²) in [7, 11) is -2.59. The molecule has 1 saturated heterocycles. The molecule has 2 aromatic rings. The number of anilines is 1. The topological polar surface area (TPSA) is 111 Å². The van der Waals surface area contributed by atoms with E-state index in [0.717, 1.165) is 12.1 Å². The molecule has 0 aliphatic carbocycles. The lowest BCUT2D eigenvalue weighted by Gasteiger charge is -2.26. The molecule has 12 heteroatoms. The Morgan fingerprint density at radius 1 is 1.09 bits per heavy atom. The number of hydrogen-bond donors (Lipinski definition) is 1. The Hall–Kier alpha value is -3.09. The van der Waals surface area contributed by atoms with Crippen LogP contribution in [0.1, 0.15) is 10.4 Å². The maximum Gasteiger partial charge on any atom is 0.338 e. The molecule has 0 saturated carbocycles. The number of nitrogens with one attached hydrogen (secondary N) is 1. The second-order valence-electron chi connectivity index (χ2n) is 6.66. The van der Waals surface area contributed by atoms with Gasteiger partial charge >= 0.3 is 5.97 Å². The van der Waals surface area contributed by atoms with Gasteiger partial charge in [0.1, 0.15) is 22.3 Å². The number of hydrogen-bond acceptors (Lipinski definition) is 7. The number of halogens is 2. The summed E-state index contributed by atoms with van der Waals surface area (Å²) in [4.78, 5) is 23.9. The first kappa shape index (κ1) is 23.6. The number of nitrogens with zero attached hydrogens (tertiary/aromatic N) is 1. The predicted octanol–water partition coefficient (Wildman–Crippen LogP) is 1.79. The van der Waals surface area contributed by atoms with Crippen LogP contribution in [0.4, 0.5) is 14.5 Å². The van der Waals surface area contributed by atoms with Crippen molar-refractivity contribution in [1.29, 1.82) is 0 Å². The van der Waals surface area contributed by atoms with E-state index in [0.29, 0.717) is 6.07 Å². The minimum Gasteiger partial charge on any atom is -0.495 e. The quantitative estimate of drug-likeness (QED) is 0.614. The van der Waals surface area contributed by atoms with E-state index < -0.39 is 45.7 Å². The zero-order valence-electron chi connectivity index (χ0n) is 17.0. The van der Waals surface area contributed by atoms with Gasteiger partial charge in [-0.15, -0.1) is 0 Å². The number of esters is 1. The number of morpholine rings is 1. The molecule has 1 aliphatic rings. The van der Waals surface area contributed by atoms with E-state index in [4.69, 9.17) is 14.2 Å². The fourth-order valence-corrected chi connectivity index (χ4v) is 4.55. The molecular formula is C20H20F2N2O7S. The number of rotatable bonds is 7. The molecule has 0 aromatic heterocycles. The molecule has 0 spiro atoms. The Morgan fingerprint density at radius 2 is 1.75 bits per heavy atom. The van der Waals surface area contributed by atoms with Crippen LogP contribution in [-0.4, -0.2) is 64.6 Å². The van der Waals surface area contributed by atoms with E-state index in [9.17, 15) is 26.8 Å². The standard InChI is InChI=1S/C20H20F2N2O7S/c1-29-17-3-2-16(11-18(17)32(27,28)24-4-6-30-7-5-24)23-19(25)12-31-20(26)13-8-14(21)10-15(22)9-13/h2-3,8-11H,4-7,12H2,1H3,(H,23,25). The summed E-state index contributed by atoms with van der Waals surface area (Å²) in [5, 5.41) is 2.41. The number of ether oxygens (including phenoxy) is 3. The summed E-state index contributed by atoms with van der Waals surface area (Å²) >= 11 is 0. The van der Waals surface area contributed by atoms with Crippen molar-refractivity contribution in [3.63, 3.8) is 0 Å². The van der Waals surface area contributed by atoms with E-state index in [-0.39, 0.29) is 42.6 Å². The molecule has 172 valence electrons. The predicted molar refractivity (Wildman–Crippen MR) is 108 cm³/mol. The Morgan fingerprint density at radius 3 is 2.38 bits per heavy atom. The van der Waals surface area contributed by atoms with E-state index in [1.807, 2.05) is 0 Å². The molecular weight excluding hydrogens is 450 g/mol. The molecule has 9 nitrogen and oxygen atoms in total. The highest BCUT2D eigenvalue weighted by Crippen LogP contribution is 2.30. The number of amides is 1. The third-order valence-corrected chi connectivity index (χ3v) is 6.39. The lowest BCUT2D eigenvalue weighted by Crippen LogP contribution is -2.40. The van der Waals surface area contributed by atoms with Crippen molar-refractivity contribution in [3.8, 4) is 5.75 Å². The first-order chi connectivity index (χ1) is 15.2. The molecule has 3 rings (SSSR count). The Balaban J connectivity index is 1.69. The summed E-state index contributed by atoms with van der Waals surface area (Å²) < 4.78 is 68.7. The van der Waals surface area contributed by atoms with Crippen LogP contribution in [0.3, 0.4) is 0 Å². The van der Waals surface area contributed by atoms with Crippen LogP contribution in [0, 0.1) is 11.6 Å². The number of sulfonamides is 1. The van der Waals surface area contributed by atoms with Gasteiger partial charge in [-0.2, -0.15) is 4.31 Å². The molecule has 0 bridgehead atoms. The van der Waals surface area contributed by atoms with Crippen molar-refractivity contribution in [1.82, 2.24) is 4.31 Å². The second kappa shape index (κ2) is 10.0. The van der Waals surface area contributed by atoms with Crippen LogP contribution < -0.4 is 10.1 Å². The van der Waals surface area contributed by atoms with Gasteiger partial charge in [0.25, 0.3) is 5.91 Å². The fourth-order valence-electron chi connectivity index (χ4n) is 2.97. The largest absolute Gasteiger partial charge is 0.495 e. The second-order valence-corrected chi connectivity index (χ2v) is 8.57. The Bertz CT molecular complexity index is 1100. The Labute approximate surface area is 182 Å². The maximum absolute atomic E-state index is 13.2. The van der Waals surface area contributed by atoms with Crippen LogP contribution in [0.2, 0.25) is 0 Å². The van der Waals surface area contributed by atoms with E-state index in [2.05, 4.69) is 5.32 Å². The highest BCUT2D eigenvalue weighted by atomic mass is 32.2. The number of benzene rings is 2. The molecule has 0 atom stereocenters. The van der Waals surface area contributed by atoms with Gasteiger partial charge in [-0.3, -0.25) is 4.79 Å². The van der Waals surface area contributed by atoms with E-state index in [1.54, 1.807) is 0 Å². The fraction of sp³-hybridized carbons (Fsp3) is 0.300. The van der Waals surface area contributed by atoms with Gasteiger partial charge < -0.3 is 19.5 Å². The van der Waals surface area contributed by atoms with Crippen LogP contribution in [-0.2, 0) is 24.3 Å². The normalized spacial score (nSPS) is 14.6. The minimum atomic E-state index is -3.91. The van der Waals surface area contributed by atoms with Crippen molar-refractivity contribution in [2.75, 3.05) is 45.3 Å². The average Bonchev–Trinajstić information content (AvgIpc) is 2.77. The summed E-state index contributed by atoms with van der Waals surface area (Å²) in [6, 6.07) is 6.16. The molecule has 1 N–H and O–H groups in total. The molecule has 0 radical (unpaired) electrons. The summed E-state index contributed by atoms with van der Waals surface area (Å²) in [5.41, 5.74) is -0.269. The van der Waals surface area contributed by atoms with Gasteiger partial charge in [0.2, 0.25) is 10.0 Å². The number of carbonyl (C=O) groups is 2. The maximum atomic E-state index is 13.2. The minimum absolute atomic E-state index is 0.0917. The van der Waals surface area contributed by atoms with Crippen molar-refractivity contribution in [2.45, 2.75) is 4.90 Å². The van der Waals surface area contributed by atoms with Gasteiger partial charge in [0.05, 0.1) is 25.9 Å². The monoisotopic (exact) mass is 470 g/mol. The smallest absolute Gasteiger partial charge is 0.338 e. The SMILES string of the molecule is COc1ccc(NC(=O)COC(=O)c2cc(F)cc(F)c2)cc1S(=O)(=O)N1CCOCC1. The molecule has 1 heterocycles. The average molecular weight is 470 g/mol. The highest BCUT2D eigenvalue weighted by molar-refractivity contribution is 7.89. The molecule has 0 unspecified atom stereocenters. The summed E-state index contributed by atoms with van der Waals surface area (Å²) in [6.45, 7) is 0.128. The van der Waals surface area contributed by atoms with Gasteiger partial charge in [-0.25, -0.2) is 22.0 Å². The van der Waals surface area contributed by atoms with Crippen LogP contribution in [0.5, 0.6) is 5.75 Å². The highest BCUT2D eigenvalue weighted by Gasteiger charge is 2.29. The molecule has 1 fully saturated rings. The van der Waals surface area contributed by atoms with Crippen LogP contribution >= 0.6 is 0 Å². The molecule has 1 aliphatic heterocycles. The van der Waals surface area contributed by atoms with Crippen molar-refractivity contribution in [3.05, 3.63) is 53.6 Å². The van der Waals surface area contributed by atoms with Crippen LogP contribution in [0.15, 0.2) is 41.3 Å². The van der Waals surface area contributed by atoms with Crippen molar-refractivity contribution in [2.24, 2.45) is 0 Å². The van der Waals surface area contributed by atoms with E-state index >= 15 is 0 Å². The van der Waals surface area contributed by atoms with Crippen LogP contribution in [0.25, 0.3) is 0 Å². The van der Waals surface area contributed by atoms with Crippen molar-refractivity contribution < 1.29 is 41.0 Å². The zero-order chi connectivity index (χ0) is 23.3. The van der Waals surface area contributed by atoms with Gasteiger partial charge in [0, 0.05) is 24.8 Å². The molecule has 32 heavy (non-hydrogen) atoms.